The van der Waals surface area contributed by atoms with Gasteiger partial charge in [-0.05, 0) is 71.6 Å². The third-order valence-electron chi connectivity index (χ3n) is 4.92. The topological polar surface area (TPSA) is 96.9 Å². The number of nitrogens with one attached hydrogen (secondary N) is 2. The Labute approximate surface area is 222 Å². The number of nitrogens with zero attached hydrogens (tertiary/aromatic N) is 1. The van der Waals surface area contributed by atoms with Gasteiger partial charge in [0.15, 0.2) is 0 Å². The monoisotopic (exact) mass is 529 g/mol. The van der Waals surface area contributed by atoms with Crippen molar-refractivity contribution in [3.05, 3.63) is 129 Å². The van der Waals surface area contributed by atoms with Crippen molar-refractivity contribution in [2.45, 2.75) is 0 Å². The zero-order valence-corrected chi connectivity index (χ0v) is 20.8. The van der Waals surface area contributed by atoms with E-state index in [0.717, 1.165) is 4.88 Å². The smallest absolute Gasteiger partial charge is 0.345 e. The van der Waals surface area contributed by atoms with E-state index in [0.29, 0.717) is 21.9 Å². The predicted octanol–water partition coefficient (Wildman–Crippen LogP) is 5.54. The number of amides is 2. The second-order valence-corrected chi connectivity index (χ2v) is 8.92. The Morgan fingerprint density at radius 3 is 2.30 bits per heavy atom. The number of carbonyl (C=O) groups excluding carboxylic acids is 3. The van der Waals surface area contributed by atoms with Crippen LogP contribution in [-0.2, 0) is 4.79 Å². The highest BCUT2D eigenvalue weighted by atomic mass is 35.5. The van der Waals surface area contributed by atoms with E-state index in [1.807, 2.05) is 17.5 Å². The minimum atomic E-state index is -0.584. The maximum Gasteiger partial charge on any atom is 0.345 e. The number of esters is 1. The van der Waals surface area contributed by atoms with Crippen LogP contribution in [0.2, 0.25) is 5.02 Å². The minimum Gasteiger partial charge on any atom is -0.423 e. The standard InChI is InChI=1S/C28H20ClN3O4S/c29-24-11-5-4-10-23(24)28(35)36-21-14-12-19(13-15-21)18-30-32-27(34)25(17-22-9-6-16-37-22)31-26(33)20-7-2-1-3-8-20/h1-18H,(H,31,33)(H,32,34). The summed E-state index contributed by atoms with van der Waals surface area (Å²) in [7, 11) is 0. The first kappa shape index (κ1) is 25.6. The molecule has 0 aliphatic carbocycles. The van der Waals surface area contributed by atoms with Crippen LogP contribution >= 0.6 is 22.9 Å². The summed E-state index contributed by atoms with van der Waals surface area (Å²) in [4.78, 5) is 38.5. The van der Waals surface area contributed by atoms with Crippen molar-refractivity contribution >= 4 is 53.0 Å². The van der Waals surface area contributed by atoms with Crippen molar-refractivity contribution in [3.63, 3.8) is 0 Å². The highest BCUT2D eigenvalue weighted by Gasteiger charge is 2.15. The molecular formula is C28H20ClN3O4S. The zero-order valence-electron chi connectivity index (χ0n) is 19.3. The molecule has 37 heavy (non-hydrogen) atoms. The number of carbonyl (C=O) groups is 3. The van der Waals surface area contributed by atoms with Gasteiger partial charge in [0.2, 0.25) is 0 Å². The first-order valence-electron chi connectivity index (χ1n) is 11.0. The Kier molecular flexibility index (Phi) is 8.59. The summed E-state index contributed by atoms with van der Waals surface area (Å²) in [6, 6.07) is 25.4. The number of rotatable bonds is 8. The Bertz CT molecular complexity index is 1450. The molecule has 0 saturated heterocycles. The van der Waals surface area contributed by atoms with Crippen LogP contribution in [-0.4, -0.2) is 24.0 Å². The fraction of sp³-hybridized carbons (Fsp3) is 0. The molecule has 0 unspecified atom stereocenters. The van der Waals surface area contributed by atoms with Gasteiger partial charge in [0, 0.05) is 10.4 Å². The normalized spacial score (nSPS) is 11.2. The molecule has 2 N–H and O–H groups in total. The summed E-state index contributed by atoms with van der Waals surface area (Å²) in [5.41, 5.74) is 3.82. The van der Waals surface area contributed by atoms with E-state index >= 15 is 0 Å². The third-order valence-corrected chi connectivity index (χ3v) is 6.07. The maximum atomic E-state index is 12.8. The van der Waals surface area contributed by atoms with Gasteiger partial charge in [-0.2, -0.15) is 5.10 Å². The quantitative estimate of drug-likeness (QED) is 0.103. The van der Waals surface area contributed by atoms with Gasteiger partial charge in [0.25, 0.3) is 11.8 Å². The van der Waals surface area contributed by atoms with Gasteiger partial charge in [-0.15, -0.1) is 11.3 Å². The zero-order chi connectivity index (χ0) is 26.0. The minimum absolute atomic E-state index is 0.0512. The summed E-state index contributed by atoms with van der Waals surface area (Å²) < 4.78 is 5.35. The molecule has 0 bridgehead atoms. The second kappa shape index (κ2) is 12.4. The lowest BCUT2D eigenvalue weighted by atomic mass is 10.2. The molecule has 7 nitrogen and oxygen atoms in total. The highest BCUT2D eigenvalue weighted by Crippen LogP contribution is 2.19. The van der Waals surface area contributed by atoms with Crippen LogP contribution in [0.5, 0.6) is 5.75 Å². The molecule has 0 aliphatic heterocycles. The number of hydrazone groups is 1. The number of hydrogen-bond donors (Lipinski definition) is 2. The number of ether oxygens (including phenoxy) is 1. The fourth-order valence-corrected chi connectivity index (χ4v) is 3.96. The average Bonchev–Trinajstić information content (AvgIpc) is 3.43. The van der Waals surface area contributed by atoms with Crippen LogP contribution in [0.1, 0.15) is 31.2 Å². The summed E-state index contributed by atoms with van der Waals surface area (Å²) in [6.07, 6.45) is 3.01. The molecule has 4 aromatic rings. The lowest BCUT2D eigenvalue weighted by Crippen LogP contribution is -2.32. The summed E-state index contributed by atoms with van der Waals surface area (Å²) >= 11 is 7.46. The Hall–Kier alpha value is -4.53. The highest BCUT2D eigenvalue weighted by molar-refractivity contribution is 7.10. The Balaban J connectivity index is 1.39. The van der Waals surface area contributed by atoms with Gasteiger partial charge in [-0.25, -0.2) is 10.2 Å². The maximum absolute atomic E-state index is 12.8. The first-order chi connectivity index (χ1) is 18.0. The van der Waals surface area contributed by atoms with E-state index in [4.69, 9.17) is 16.3 Å². The third kappa shape index (κ3) is 7.23. The molecule has 3 aromatic carbocycles. The summed E-state index contributed by atoms with van der Waals surface area (Å²) in [5, 5.41) is 8.81. The second-order valence-electron chi connectivity index (χ2n) is 7.53. The molecule has 2 amide bonds. The van der Waals surface area contributed by atoms with Crippen LogP contribution in [0, 0.1) is 0 Å². The fourth-order valence-electron chi connectivity index (χ4n) is 3.09. The van der Waals surface area contributed by atoms with E-state index in [1.165, 1.54) is 17.6 Å². The van der Waals surface area contributed by atoms with Crippen LogP contribution in [0.25, 0.3) is 6.08 Å². The van der Waals surface area contributed by atoms with Crippen LogP contribution in [0.4, 0.5) is 0 Å². The van der Waals surface area contributed by atoms with Gasteiger partial charge >= 0.3 is 5.97 Å². The largest absolute Gasteiger partial charge is 0.423 e. The molecule has 1 aromatic heterocycles. The summed E-state index contributed by atoms with van der Waals surface area (Å²) in [5.74, 6) is -1.23. The van der Waals surface area contributed by atoms with Gasteiger partial charge < -0.3 is 10.1 Å². The van der Waals surface area contributed by atoms with E-state index in [-0.39, 0.29) is 11.3 Å². The molecule has 1 heterocycles. The number of benzene rings is 3. The lowest BCUT2D eigenvalue weighted by molar-refractivity contribution is -0.117. The first-order valence-corrected chi connectivity index (χ1v) is 12.3. The van der Waals surface area contributed by atoms with Crippen LogP contribution < -0.4 is 15.5 Å². The van der Waals surface area contributed by atoms with Gasteiger partial charge in [-0.1, -0.05) is 48.0 Å². The van der Waals surface area contributed by atoms with E-state index < -0.39 is 17.8 Å². The van der Waals surface area contributed by atoms with Crippen molar-refractivity contribution < 1.29 is 19.1 Å². The van der Waals surface area contributed by atoms with Crippen LogP contribution in [0.15, 0.2) is 107 Å². The Morgan fingerprint density at radius 2 is 1.59 bits per heavy atom. The van der Waals surface area contributed by atoms with Crippen molar-refractivity contribution in [1.29, 1.82) is 0 Å². The summed E-state index contributed by atoms with van der Waals surface area (Å²) in [6.45, 7) is 0. The molecule has 0 fully saturated rings. The van der Waals surface area contributed by atoms with Crippen molar-refractivity contribution in [3.8, 4) is 5.75 Å². The molecule has 0 spiro atoms. The van der Waals surface area contributed by atoms with Crippen molar-refractivity contribution in [2.75, 3.05) is 0 Å². The van der Waals surface area contributed by atoms with Crippen molar-refractivity contribution in [2.24, 2.45) is 5.10 Å². The lowest BCUT2D eigenvalue weighted by Gasteiger charge is -2.08. The van der Waals surface area contributed by atoms with E-state index in [1.54, 1.807) is 84.9 Å². The van der Waals surface area contributed by atoms with Crippen LogP contribution in [0.3, 0.4) is 0 Å². The molecule has 0 saturated carbocycles. The molecule has 184 valence electrons. The van der Waals surface area contributed by atoms with Crippen molar-refractivity contribution in [1.82, 2.24) is 10.7 Å². The molecule has 9 heteroatoms. The Morgan fingerprint density at radius 1 is 0.865 bits per heavy atom. The molecule has 0 aliphatic rings. The number of halogens is 1. The van der Waals surface area contributed by atoms with Gasteiger partial charge in [-0.3, -0.25) is 9.59 Å². The molecule has 4 rings (SSSR count). The molecular weight excluding hydrogens is 510 g/mol. The number of thiophene rings is 1. The molecule has 0 radical (unpaired) electrons. The predicted molar refractivity (Wildman–Crippen MR) is 145 cm³/mol. The SMILES string of the molecule is O=C(NN=Cc1ccc(OC(=O)c2ccccc2Cl)cc1)C(=Cc1cccs1)NC(=O)c1ccccc1. The average molecular weight is 530 g/mol. The molecule has 0 atom stereocenters. The number of hydrogen-bond acceptors (Lipinski definition) is 6. The van der Waals surface area contributed by atoms with Gasteiger partial charge in [0.05, 0.1) is 16.8 Å². The van der Waals surface area contributed by atoms with E-state index in [9.17, 15) is 14.4 Å². The van der Waals surface area contributed by atoms with E-state index in [2.05, 4.69) is 15.8 Å². The van der Waals surface area contributed by atoms with Gasteiger partial charge in [0.1, 0.15) is 11.4 Å².